The lowest BCUT2D eigenvalue weighted by molar-refractivity contribution is 0.0682. The van der Waals surface area contributed by atoms with Crippen LogP contribution < -0.4 is 9.47 Å². The van der Waals surface area contributed by atoms with Crippen molar-refractivity contribution in [2.24, 2.45) is 0 Å². The van der Waals surface area contributed by atoms with Gasteiger partial charge >= 0.3 is 5.97 Å². The Kier molecular flexibility index (Phi) is 4.68. The number of benzene rings is 3. The van der Waals surface area contributed by atoms with Gasteiger partial charge in [-0.2, -0.15) is 5.10 Å². The molecule has 5 aromatic rings. The van der Waals surface area contributed by atoms with E-state index in [1.165, 1.54) is 10.8 Å². The number of hydrogen-bond donors (Lipinski definition) is 1. The molecule has 0 aliphatic carbocycles. The summed E-state index contributed by atoms with van der Waals surface area (Å²) in [5.74, 6) is 0.239. The van der Waals surface area contributed by atoms with Crippen molar-refractivity contribution in [3.8, 4) is 17.2 Å². The number of pyridine rings is 1. The van der Waals surface area contributed by atoms with Crippen LogP contribution in [0, 0.1) is 0 Å². The van der Waals surface area contributed by atoms with Crippen molar-refractivity contribution in [2.75, 3.05) is 0 Å². The number of para-hydroxylation sites is 1. The zero-order chi connectivity index (χ0) is 21.2. The van der Waals surface area contributed by atoms with Crippen molar-refractivity contribution in [1.29, 1.82) is 0 Å². The standard InChI is InChI=1S/C24H17N3O4/c28-24(29)21-22(30-14-16-8-3-1-4-9-16)18-12-7-13-19(31-17-10-5-2-6-11-17)20(18)23-25-15-26-27(21)23/h1-13,15H,14H2,(H,28,29). The van der Waals surface area contributed by atoms with E-state index >= 15 is 0 Å². The molecule has 31 heavy (non-hydrogen) atoms. The number of fused-ring (bicyclic) bond motifs is 3. The van der Waals surface area contributed by atoms with Gasteiger partial charge in [0.1, 0.15) is 24.4 Å². The molecule has 0 aliphatic rings. The van der Waals surface area contributed by atoms with Crippen LogP contribution in [0.2, 0.25) is 0 Å². The fraction of sp³-hybridized carbons (Fsp3) is 0.0417. The van der Waals surface area contributed by atoms with Crippen molar-refractivity contribution in [3.63, 3.8) is 0 Å². The molecular formula is C24H17N3O4. The van der Waals surface area contributed by atoms with Gasteiger partial charge in [0.2, 0.25) is 0 Å². The van der Waals surface area contributed by atoms with Crippen LogP contribution in [0.3, 0.4) is 0 Å². The third kappa shape index (κ3) is 3.42. The first-order chi connectivity index (χ1) is 15.2. The van der Waals surface area contributed by atoms with Crippen molar-refractivity contribution in [3.05, 3.63) is 96.4 Å². The lowest BCUT2D eigenvalue weighted by atomic mass is 10.1. The molecule has 0 radical (unpaired) electrons. The minimum Gasteiger partial charge on any atom is -0.486 e. The third-order valence-electron chi connectivity index (χ3n) is 4.87. The number of hydrogen-bond acceptors (Lipinski definition) is 5. The number of carboxylic acids is 1. The van der Waals surface area contributed by atoms with Gasteiger partial charge in [-0.25, -0.2) is 14.3 Å². The van der Waals surface area contributed by atoms with E-state index in [1.54, 1.807) is 12.1 Å². The zero-order valence-electron chi connectivity index (χ0n) is 16.3. The highest BCUT2D eigenvalue weighted by atomic mass is 16.5. The number of ether oxygens (including phenoxy) is 2. The van der Waals surface area contributed by atoms with Gasteiger partial charge in [0.25, 0.3) is 0 Å². The van der Waals surface area contributed by atoms with Crippen molar-refractivity contribution in [1.82, 2.24) is 14.6 Å². The Labute approximate surface area is 177 Å². The molecule has 2 aromatic heterocycles. The van der Waals surface area contributed by atoms with E-state index in [0.29, 0.717) is 27.9 Å². The summed E-state index contributed by atoms with van der Waals surface area (Å²) in [7, 11) is 0. The lowest BCUT2D eigenvalue weighted by Crippen LogP contribution is -2.11. The highest BCUT2D eigenvalue weighted by Gasteiger charge is 2.25. The van der Waals surface area contributed by atoms with Crippen LogP contribution in [0.15, 0.2) is 85.2 Å². The van der Waals surface area contributed by atoms with Crippen LogP contribution in [-0.4, -0.2) is 25.7 Å². The highest BCUT2D eigenvalue weighted by Crippen LogP contribution is 2.39. The first kappa shape index (κ1) is 18.6. The zero-order valence-corrected chi connectivity index (χ0v) is 16.3. The van der Waals surface area contributed by atoms with Gasteiger partial charge in [0.15, 0.2) is 17.1 Å². The van der Waals surface area contributed by atoms with Crippen LogP contribution in [0.5, 0.6) is 17.2 Å². The largest absolute Gasteiger partial charge is 0.486 e. The average Bonchev–Trinajstić information content (AvgIpc) is 3.28. The molecule has 0 aliphatic heterocycles. The van der Waals surface area contributed by atoms with E-state index < -0.39 is 5.97 Å². The van der Waals surface area contributed by atoms with Gasteiger partial charge in [-0.05, 0) is 23.8 Å². The number of nitrogens with zero attached hydrogens (tertiary/aromatic N) is 3. The third-order valence-corrected chi connectivity index (χ3v) is 4.87. The van der Waals surface area contributed by atoms with E-state index in [1.807, 2.05) is 66.7 Å². The Morgan fingerprint density at radius 2 is 1.68 bits per heavy atom. The number of carbonyl (C=O) groups is 1. The van der Waals surface area contributed by atoms with Crippen molar-refractivity contribution in [2.45, 2.75) is 6.61 Å². The van der Waals surface area contributed by atoms with Crippen LogP contribution in [-0.2, 0) is 6.61 Å². The second-order valence-electron chi connectivity index (χ2n) is 6.85. The summed E-state index contributed by atoms with van der Waals surface area (Å²) in [6, 6.07) is 24.3. The number of rotatable bonds is 6. The monoisotopic (exact) mass is 411 g/mol. The molecule has 0 saturated carbocycles. The Balaban J connectivity index is 1.72. The predicted molar refractivity (Wildman–Crippen MR) is 115 cm³/mol. The smallest absolute Gasteiger partial charge is 0.358 e. The predicted octanol–water partition coefficient (Wildman–Crippen LogP) is 4.95. The Bertz CT molecular complexity index is 1380. The summed E-state index contributed by atoms with van der Waals surface area (Å²) >= 11 is 0. The van der Waals surface area contributed by atoms with E-state index in [4.69, 9.17) is 9.47 Å². The first-order valence-electron chi connectivity index (χ1n) is 9.63. The maximum atomic E-state index is 12.2. The summed E-state index contributed by atoms with van der Waals surface area (Å²) in [5, 5.41) is 15.3. The molecule has 1 N–H and O–H groups in total. The first-order valence-corrected chi connectivity index (χ1v) is 9.63. The molecule has 7 nitrogen and oxygen atoms in total. The highest BCUT2D eigenvalue weighted by molar-refractivity contribution is 6.07. The quantitative estimate of drug-likeness (QED) is 0.425. The van der Waals surface area contributed by atoms with E-state index in [0.717, 1.165) is 5.56 Å². The van der Waals surface area contributed by atoms with Crippen LogP contribution >= 0.6 is 0 Å². The summed E-state index contributed by atoms with van der Waals surface area (Å²) in [4.78, 5) is 16.5. The Morgan fingerprint density at radius 1 is 0.935 bits per heavy atom. The van der Waals surface area contributed by atoms with Gasteiger partial charge in [0, 0.05) is 5.39 Å². The van der Waals surface area contributed by atoms with E-state index in [9.17, 15) is 9.90 Å². The number of aromatic nitrogens is 3. The van der Waals surface area contributed by atoms with E-state index in [2.05, 4.69) is 10.1 Å². The topological polar surface area (TPSA) is 86.0 Å². The SMILES string of the molecule is O=C(O)c1c(OCc2ccccc2)c2cccc(Oc3ccccc3)c2c2ncnn12. The van der Waals surface area contributed by atoms with Gasteiger partial charge < -0.3 is 14.6 Å². The number of carboxylic acid groups (broad SMARTS) is 1. The molecule has 7 heteroatoms. The van der Waals surface area contributed by atoms with E-state index in [-0.39, 0.29) is 18.1 Å². The average molecular weight is 411 g/mol. The minimum atomic E-state index is -1.16. The van der Waals surface area contributed by atoms with Crippen molar-refractivity contribution >= 4 is 22.4 Å². The fourth-order valence-corrected chi connectivity index (χ4v) is 3.51. The van der Waals surface area contributed by atoms with Crippen LogP contribution in [0.1, 0.15) is 16.1 Å². The molecule has 152 valence electrons. The van der Waals surface area contributed by atoms with Gasteiger partial charge in [-0.1, -0.05) is 60.7 Å². The summed E-state index contributed by atoms with van der Waals surface area (Å²) in [6.07, 6.45) is 1.32. The van der Waals surface area contributed by atoms with Gasteiger partial charge in [0.05, 0.1) is 5.39 Å². The molecule has 0 unspecified atom stereocenters. The fourth-order valence-electron chi connectivity index (χ4n) is 3.51. The normalized spacial score (nSPS) is 11.0. The van der Waals surface area contributed by atoms with Gasteiger partial charge in [-0.15, -0.1) is 0 Å². The molecule has 2 heterocycles. The molecule has 0 fully saturated rings. The summed E-state index contributed by atoms with van der Waals surface area (Å²) < 4.78 is 13.4. The molecule has 3 aromatic carbocycles. The molecule has 0 spiro atoms. The second kappa shape index (κ2) is 7.79. The Morgan fingerprint density at radius 3 is 2.42 bits per heavy atom. The minimum absolute atomic E-state index is 0.0900. The molecule has 0 bridgehead atoms. The number of aromatic carboxylic acids is 1. The van der Waals surface area contributed by atoms with Crippen LogP contribution in [0.4, 0.5) is 0 Å². The van der Waals surface area contributed by atoms with Crippen LogP contribution in [0.25, 0.3) is 16.4 Å². The van der Waals surface area contributed by atoms with Crippen molar-refractivity contribution < 1.29 is 19.4 Å². The molecule has 0 atom stereocenters. The Hall–Kier alpha value is -4.39. The maximum Gasteiger partial charge on any atom is 0.358 e. The molecule has 0 saturated heterocycles. The molecule has 5 rings (SSSR count). The molecular weight excluding hydrogens is 394 g/mol. The summed E-state index contributed by atoms with van der Waals surface area (Å²) in [6.45, 7) is 0.209. The van der Waals surface area contributed by atoms with Gasteiger partial charge in [-0.3, -0.25) is 0 Å². The maximum absolute atomic E-state index is 12.2. The summed E-state index contributed by atoms with van der Waals surface area (Å²) in [5.41, 5.74) is 1.21. The lowest BCUT2D eigenvalue weighted by Gasteiger charge is -2.16. The molecule has 0 amide bonds. The second-order valence-corrected chi connectivity index (χ2v) is 6.85.